The van der Waals surface area contributed by atoms with Crippen LogP contribution in [-0.2, 0) is 0 Å². The Morgan fingerprint density at radius 2 is 1.48 bits per heavy atom. The highest BCUT2D eigenvalue weighted by Crippen LogP contribution is 2.32. The number of pyridine rings is 2. The summed E-state index contributed by atoms with van der Waals surface area (Å²) in [5.74, 6) is -0.117. The average molecular weight is 411 g/mol. The summed E-state index contributed by atoms with van der Waals surface area (Å²) in [6.07, 6.45) is 3.38. The lowest BCUT2D eigenvalue weighted by molar-refractivity contribution is 0.106. The number of aromatic nitrogens is 2. The van der Waals surface area contributed by atoms with Crippen molar-refractivity contribution >= 4 is 39.8 Å². The first-order valence-corrected chi connectivity index (χ1v) is 8.12. The van der Waals surface area contributed by atoms with E-state index in [1.54, 1.807) is 24.5 Å². The zero-order valence-corrected chi connectivity index (χ0v) is 14.1. The van der Waals surface area contributed by atoms with Crippen LogP contribution in [0, 0.1) is 3.57 Å². The van der Waals surface area contributed by atoms with Crippen LogP contribution in [0.1, 0.15) is 15.9 Å². The summed E-state index contributed by atoms with van der Waals surface area (Å²) in [5, 5.41) is 0. The molecule has 0 atom stereocenters. The molecule has 1 aliphatic rings. The topological polar surface area (TPSA) is 55.2 Å². The third-order valence-electron chi connectivity index (χ3n) is 3.64. The molecule has 1 aliphatic carbocycles. The van der Waals surface area contributed by atoms with Gasteiger partial charge in [-0.1, -0.05) is 12.1 Å². The zero-order chi connectivity index (χ0) is 15.8. The predicted molar refractivity (Wildman–Crippen MR) is 97.2 cm³/mol. The van der Waals surface area contributed by atoms with E-state index in [4.69, 9.17) is 0 Å². The maximum absolute atomic E-state index is 12.9. The number of fused-ring (bicyclic) bond motifs is 3. The fourth-order valence-corrected chi connectivity index (χ4v) is 3.09. The minimum absolute atomic E-state index is 0.117. The molecule has 23 heavy (non-hydrogen) atoms. The SMILES string of the molecule is O=C1C(=Nc2ccccc2I)c2cccnc2-c2ncccc21. The maximum Gasteiger partial charge on any atom is 0.214 e. The fourth-order valence-electron chi connectivity index (χ4n) is 2.59. The summed E-state index contributed by atoms with van der Waals surface area (Å²) >= 11 is 2.22. The minimum Gasteiger partial charge on any atom is -0.287 e. The summed E-state index contributed by atoms with van der Waals surface area (Å²) < 4.78 is 0.993. The van der Waals surface area contributed by atoms with Crippen molar-refractivity contribution in [2.45, 2.75) is 0 Å². The van der Waals surface area contributed by atoms with Crippen LogP contribution in [0.15, 0.2) is 65.9 Å². The van der Waals surface area contributed by atoms with Crippen molar-refractivity contribution in [3.05, 3.63) is 75.6 Å². The molecular formula is C18H10IN3O. The molecule has 4 rings (SSSR count). The number of carbonyl (C=O) groups is 1. The molecule has 0 saturated heterocycles. The molecule has 110 valence electrons. The standard InChI is InChI=1S/C18H10IN3O/c19-13-7-1-2-8-14(13)22-17-11-5-3-9-20-15(11)16-12(18(17)23)6-4-10-21-16/h1-10H. The molecule has 0 saturated carbocycles. The van der Waals surface area contributed by atoms with E-state index in [9.17, 15) is 4.79 Å². The summed E-state index contributed by atoms with van der Waals surface area (Å²) in [7, 11) is 0. The molecule has 4 nitrogen and oxygen atoms in total. The highest BCUT2D eigenvalue weighted by Gasteiger charge is 2.30. The minimum atomic E-state index is -0.117. The summed E-state index contributed by atoms with van der Waals surface area (Å²) in [4.78, 5) is 26.3. The molecule has 0 bridgehead atoms. The molecule has 0 fully saturated rings. The van der Waals surface area contributed by atoms with E-state index in [1.165, 1.54) is 0 Å². The monoisotopic (exact) mass is 411 g/mol. The van der Waals surface area contributed by atoms with Crippen molar-refractivity contribution in [2.75, 3.05) is 0 Å². The van der Waals surface area contributed by atoms with Crippen LogP contribution in [0.4, 0.5) is 5.69 Å². The Bertz CT molecular complexity index is 966. The van der Waals surface area contributed by atoms with Gasteiger partial charge in [0.2, 0.25) is 5.78 Å². The highest BCUT2D eigenvalue weighted by atomic mass is 127. The highest BCUT2D eigenvalue weighted by molar-refractivity contribution is 14.1. The third-order valence-corrected chi connectivity index (χ3v) is 4.55. The number of nitrogens with zero attached hydrogens (tertiary/aromatic N) is 3. The summed E-state index contributed by atoms with van der Waals surface area (Å²) in [6, 6.07) is 14.9. The first-order valence-electron chi connectivity index (χ1n) is 7.04. The van der Waals surface area contributed by atoms with Gasteiger partial charge in [0.1, 0.15) is 11.4 Å². The van der Waals surface area contributed by atoms with Gasteiger partial charge in [-0.05, 0) is 59.0 Å². The predicted octanol–water partition coefficient (Wildman–Crippen LogP) is 4.07. The van der Waals surface area contributed by atoms with Crippen LogP contribution in [0.2, 0.25) is 0 Å². The van der Waals surface area contributed by atoms with Crippen molar-refractivity contribution in [2.24, 2.45) is 4.99 Å². The van der Waals surface area contributed by atoms with Crippen molar-refractivity contribution in [3.63, 3.8) is 0 Å². The van der Waals surface area contributed by atoms with Gasteiger partial charge in [-0.15, -0.1) is 0 Å². The molecule has 2 aromatic heterocycles. The molecule has 0 radical (unpaired) electrons. The fraction of sp³-hybridized carbons (Fsp3) is 0. The van der Waals surface area contributed by atoms with Crippen LogP contribution < -0.4 is 0 Å². The smallest absolute Gasteiger partial charge is 0.214 e. The van der Waals surface area contributed by atoms with Gasteiger partial charge in [-0.25, -0.2) is 4.99 Å². The number of hydrogen-bond donors (Lipinski definition) is 0. The number of ketones is 1. The normalized spacial score (nSPS) is 14.5. The number of rotatable bonds is 1. The summed E-state index contributed by atoms with van der Waals surface area (Å²) in [5.41, 5.74) is 3.78. The quantitative estimate of drug-likeness (QED) is 0.568. The Balaban J connectivity index is 1.99. The lowest BCUT2D eigenvalue weighted by Crippen LogP contribution is -2.23. The van der Waals surface area contributed by atoms with Crippen LogP contribution in [0.3, 0.4) is 0 Å². The van der Waals surface area contributed by atoms with Crippen LogP contribution in [-0.4, -0.2) is 21.5 Å². The van der Waals surface area contributed by atoms with Gasteiger partial charge < -0.3 is 0 Å². The van der Waals surface area contributed by atoms with Crippen molar-refractivity contribution in [3.8, 4) is 11.4 Å². The molecule has 0 unspecified atom stereocenters. The number of hydrogen-bond acceptors (Lipinski definition) is 4. The van der Waals surface area contributed by atoms with Crippen LogP contribution in [0.25, 0.3) is 11.4 Å². The first kappa shape index (κ1) is 14.2. The molecule has 0 spiro atoms. The van der Waals surface area contributed by atoms with Gasteiger partial charge >= 0.3 is 0 Å². The Morgan fingerprint density at radius 3 is 2.22 bits per heavy atom. The average Bonchev–Trinajstić information content (AvgIpc) is 2.60. The molecular weight excluding hydrogens is 401 g/mol. The lowest BCUT2D eigenvalue weighted by atomic mass is 9.90. The third kappa shape index (κ3) is 2.37. The van der Waals surface area contributed by atoms with E-state index >= 15 is 0 Å². The number of halogens is 1. The van der Waals surface area contributed by atoms with E-state index in [0.29, 0.717) is 22.7 Å². The largest absolute Gasteiger partial charge is 0.287 e. The number of benzene rings is 1. The number of Topliss-reactive ketones (excluding diaryl/α,β-unsaturated/α-hetero) is 1. The van der Waals surface area contributed by atoms with E-state index in [1.807, 2.05) is 36.4 Å². The molecule has 3 aromatic rings. The molecule has 2 heterocycles. The van der Waals surface area contributed by atoms with Gasteiger partial charge in [-0.3, -0.25) is 14.8 Å². The van der Waals surface area contributed by atoms with Crippen molar-refractivity contribution < 1.29 is 4.79 Å². The van der Waals surface area contributed by atoms with Crippen molar-refractivity contribution in [1.29, 1.82) is 0 Å². The second-order valence-electron chi connectivity index (χ2n) is 5.04. The van der Waals surface area contributed by atoms with Gasteiger partial charge in [-0.2, -0.15) is 0 Å². The Labute approximate surface area is 146 Å². The molecule has 0 aliphatic heterocycles. The first-order chi connectivity index (χ1) is 11.3. The van der Waals surface area contributed by atoms with Crippen LogP contribution in [0.5, 0.6) is 0 Å². The number of carbonyl (C=O) groups excluding carboxylic acids is 1. The van der Waals surface area contributed by atoms with Gasteiger partial charge in [0.15, 0.2) is 0 Å². The molecule has 0 amide bonds. The van der Waals surface area contributed by atoms with Gasteiger partial charge in [0, 0.05) is 21.5 Å². The number of aliphatic imine (C=N–C) groups is 1. The molecule has 5 heteroatoms. The Hall–Kier alpha value is -2.41. The van der Waals surface area contributed by atoms with E-state index < -0.39 is 0 Å². The Morgan fingerprint density at radius 1 is 0.826 bits per heavy atom. The number of para-hydroxylation sites is 1. The molecule has 1 aromatic carbocycles. The van der Waals surface area contributed by atoms with Crippen molar-refractivity contribution in [1.82, 2.24) is 9.97 Å². The summed E-state index contributed by atoms with van der Waals surface area (Å²) in [6.45, 7) is 0. The second-order valence-corrected chi connectivity index (χ2v) is 6.20. The molecule has 0 N–H and O–H groups in total. The van der Waals surface area contributed by atoms with E-state index in [-0.39, 0.29) is 5.78 Å². The van der Waals surface area contributed by atoms with E-state index in [0.717, 1.165) is 14.8 Å². The zero-order valence-electron chi connectivity index (χ0n) is 11.9. The van der Waals surface area contributed by atoms with Gasteiger partial charge in [0.25, 0.3) is 0 Å². The second kappa shape index (κ2) is 5.66. The Kier molecular flexibility index (Phi) is 3.49. The van der Waals surface area contributed by atoms with E-state index in [2.05, 4.69) is 37.6 Å². The van der Waals surface area contributed by atoms with Crippen LogP contribution >= 0.6 is 22.6 Å². The lowest BCUT2D eigenvalue weighted by Gasteiger charge is -2.18. The maximum atomic E-state index is 12.9. The van der Waals surface area contributed by atoms with Gasteiger partial charge in [0.05, 0.1) is 16.9 Å².